The van der Waals surface area contributed by atoms with Gasteiger partial charge < -0.3 is 10.2 Å². The van der Waals surface area contributed by atoms with Crippen LogP contribution in [0.25, 0.3) is 16.6 Å². The maximum atomic E-state index is 12.8. The van der Waals surface area contributed by atoms with Crippen molar-refractivity contribution in [2.75, 3.05) is 12.9 Å². The van der Waals surface area contributed by atoms with Gasteiger partial charge in [-0.1, -0.05) is 41.4 Å². The first kappa shape index (κ1) is 20.7. The van der Waals surface area contributed by atoms with Crippen LogP contribution in [0.3, 0.4) is 0 Å². The Bertz CT molecular complexity index is 1240. The van der Waals surface area contributed by atoms with Crippen molar-refractivity contribution in [3.05, 3.63) is 76.5 Å². The van der Waals surface area contributed by atoms with Crippen LogP contribution in [0.5, 0.6) is 5.75 Å². The first-order chi connectivity index (χ1) is 14.3. The van der Waals surface area contributed by atoms with Crippen molar-refractivity contribution in [3.63, 3.8) is 0 Å². The molecule has 2 heterocycles. The maximum absolute atomic E-state index is 12.8. The molecule has 1 aromatic heterocycles. The number of ether oxygens (including phenoxy) is 1. The number of aromatic nitrogens is 1. The molecule has 0 unspecified atom stereocenters. The summed E-state index contributed by atoms with van der Waals surface area (Å²) in [5.41, 5.74) is 7.09. The summed E-state index contributed by atoms with van der Waals surface area (Å²) >= 11 is 6.52. The van der Waals surface area contributed by atoms with Crippen LogP contribution in [0.1, 0.15) is 29.7 Å². The third-order valence-electron chi connectivity index (χ3n) is 5.16. The lowest BCUT2D eigenvalue weighted by molar-refractivity contribution is 0.348. The highest BCUT2D eigenvalue weighted by Crippen LogP contribution is 2.37. The average molecular weight is 444 g/mol. The van der Waals surface area contributed by atoms with Gasteiger partial charge in [-0.05, 0) is 43.7 Å². The van der Waals surface area contributed by atoms with Gasteiger partial charge in [-0.3, -0.25) is 0 Å². The van der Waals surface area contributed by atoms with Crippen LogP contribution in [0.2, 0.25) is 5.15 Å². The summed E-state index contributed by atoms with van der Waals surface area (Å²) in [5, 5.41) is 1.10. The molecular formula is C22H22ClN3O3S. The van der Waals surface area contributed by atoms with Crippen molar-refractivity contribution in [1.82, 2.24) is 14.8 Å². The first-order valence-electron chi connectivity index (χ1n) is 9.54. The number of methoxy groups -OCH3 is 1. The molecule has 1 atom stereocenters. The second-order valence-electron chi connectivity index (χ2n) is 7.13. The van der Waals surface area contributed by atoms with E-state index in [0.717, 1.165) is 16.5 Å². The summed E-state index contributed by atoms with van der Waals surface area (Å²) in [6.07, 6.45) is 1.87. The van der Waals surface area contributed by atoms with E-state index in [1.54, 1.807) is 20.1 Å². The Kier molecular flexibility index (Phi) is 5.44. The highest BCUT2D eigenvalue weighted by atomic mass is 35.5. The van der Waals surface area contributed by atoms with Gasteiger partial charge >= 0.3 is 0 Å². The van der Waals surface area contributed by atoms with Gasteiger partial charge in [0, 0.05) is 17.0 Å². The summed E-state index contributed by atoms with van der Waals surface area (Å²) in [6, 6.07) is 14.7. The number of aryl methyl sites for hydroxylation is 1. The zero-order chi connectivity index (χ0) is 21.5. The van der Waals surface area contributed by atoms with Crippen molar-refractivity contribution < 1.29 is 13.2 Å². The molecule has 0 radical (unpaired) electrons. The minimum Gasteiger partial charge on any atom is -0.497 e. The average Bonchev–Trinajstić information content (AvgIpc) is 3.19. The van der Waals surface area contributed by atoms with E-state index in [1.165, 1.54) is 4.41 Å². The Hall–Kier alpha value is -2.61. The van der Waals surface area contributed by atoms with Gasteiger partial charge in [0.05, 0.1) is 30.1 Å². The van der Waals surface area contributed by atoms with E-state index in [-0.39, 0.29) is 10.9 Å². The van der Waals surface area contributed by atoms with Gasteiger partial charge in [0.25, 0.3) is 0 Å². The van der Waals surface area contributed by atoms with Crippen molar-refractivity contribution in [1.29, 1.82) is 0 Å². The van der Waals surface area contributed by atoms with Crippen molar-refractivity contribution in [2.45, 2.75) is 19.9 Å². The molecule has 8 heteroatoms. The van der Waals surface area contributed by atoms with Crippen LogP contribution in [-0.4, -0.2) is 30.7 Å². The van der Waals surface area contributed by atoms with Crippen molar-refractivity contribution in [2.24, 2.45) is 0 Å². The number of hydrogen-bond acceptors (Lipinski definition) is 5. The van der Waals surface area contributed by atoms with Gasteiger partial charge in [-0.2, -0.15) is 0 Å². The van der Waals surface area contributed by atoms with E-state index < -0.39 is 16.1 Å². The molecule has 156 valence electrons. The lowest BCUT2D eigenvalue weighted by Gasteiger charge is -2.24. The largest absolute Gasteiger partial charge is 0.497 e. The fraction of sp³-hybridized carbons (Fsp3) is 0.227. The predicted octanol–water partition coefficient (Wildman–Crippen LogP) is 4.46. The number of nitrogens with one attached hydrogen (secondary N) is 1. The molecule has 0 bridgehead atoms. The van der Waals surface area contributed by atoms with E-state index >= 15 is 0 Å². The molecule has 0 spiro atoms. The quantitative estimate of drug-likeness (QED) is 0.589. The highest BCUT2D eigenvalue weighted by Gasteiger charge is 2.36. The minimum atomic E-state index is -3.56. The number of nitrogens with zero attached hydrogens (tertiary/aromatic N) is 2. The Balaban J connectivity index is 1.84. The highest BCUT2D eigenvalue weighted by molar-refractivity contribution is 7.89. The van der Waals surface area contributed by atoms with Gasteiger partial charge in [0.2, 0.25) is 10.0 Å². The van der Waals surface area contributed by atoms with E-state index in [0.29, 0.717) is 22.5 Å². The monoisotopic (exact) mass is 443 g/mol. The lowest BCUT2D eigenvalue weighted by atomic mass is 10.0. The van der Waals surface area contributed by atoms with Gasteiger partial charge in [-0.25, -0.2) is 13.4 Å². The summed E-state index contributed by atoms with van der Waals surface area (Å²) in [4.78, 5) is 4.49. The van der Waals surface area contributed by atoms with Gasteiger partial charge in [-0.15, -0.1) is 4.41 Å². The van der Waals surface area contributed by atoms with Crippen LogP contribution in [-0.2, 0) is 10.0 Å². The van der Waals surface area contributed by atoms with Crippen LogP contribution >= 0.6 is 11.6 Å². The zero-order valence-corrected chi connectivity index (χ0v) is 18.5. The Morgan fingerprint density at radius 1 is 1.17 bits per heavy atom. The third kappa shape index (κ3) is 3.76. The second kappa shape index (κ2) is 7.91. The topological polar surface area (TPSA) is 71.5 Å². The number of hydrogen-bond donors (Lipinski definition) is 1. The number of pyridine rings is 1. The van der Waals surface area contributed by atoms with E-state index in [4.69, 9.17) is 16.3 Å². The molecule has 1 aliphatic rings. The van der Waals surface area contributed by atoms with E-state index in [9.17, 15) is 8.42 Å². The fourth-order valence-electron chi connectivity index (χ4n) is 3.42. The minimum absolute atomic E-state index is 0.0403. The number of fused-ring (bicyclic) bond motifs is 1. The van der Waals surface area contributed by atoms with Crippen LogP contribution in [0, 0.1) is 6.92 Å². The first-order valence-corrected chi connectivity index (χ1v) is 11.5. The van der Waals surface area contributed by atoms with Crippen LogP contribution in [0.4, 0.5) is 0 Å². The molecule has 0 amide bonds. The molecule has 30 heavy (non-hydrogen) atoms. The molecule has 1 N–H and O–H groups in total. The molecule has 3 aromatic rings. The molecule has 0 fully saturated rings. The Morgan fingerprint density at radius 2 is 1.90 bits per heavy atom. The molecule has 6 nitrogen and oxygen atoms in total. The van der Waals surface area contributed by atoms with Gasteiger partial charge in [0.1, 0.15) is 10.9 Å². The Morgan fingerprint density at radius 3 is 2.57 bits per heavy atom. The zero-order valence-electron chi connectivity index (χ0n) is 16.9. The van der Waals surface area contributed by atoms with E-state index in [1.807, 2.05) is 55.5 Å². The number of halogens is 1. The predicted molar refractivity (Wildman–Crippen MR) is 120 cm³/mol. The smallest absolute Gasteiger partial charge is 0.231 e. The van der Waals surface area contributed by atoms with Crippen molar-refractivity contribution >= 4 is 38.2 Å². The lowest BCUT2D eigenvalue weighted by Crippen LogP contribution is -2.40. The number of hydrazine groups is 1. The molecule has 0 saturated heterocycles. The van der Waals surface area contributed by atoms with Crippen molar-refractivity contribution in [3.8, 4) is 5.75 Å². The summed E-state index contributed by atoms with van der Waals surface area (Å²) in [6.45, 7) is 3.62. The molecule has 0 aliphatic carbocycles. The fourth-order valence-corrected chi connectivity index (χ4v) is 4.71. The Labute approximate surface area is 181 Å². The van der Waals surface area contributed by atoms with E-state index in [2.05, 4.69) is 10.4 Å². The number of benzene rings is 2. The molecule has 2 aromatic carbocycles. The maximum Gasteiger partial charge on any atom is 0.231 e. The molecule has 0 saturated carbocycles. The molecule has 1 aliphatic heterocycles. The molecule has 4 rings (SSSR count). The summed E-state index contributed by atoms with van der Waals surface area (Å²) in [7, 11) is -1.97. The van der Waals surface area contributed by atoms with Crippen LogP contribution in [0.15, 0.2) is 54.6 Å². The third-order valence-corrected chi connectivity index (χ3v) is 7.11. The second-order valence-corrected chi connectivity index (χ2v) is 9.62. The number of rotatable bonds is 5. The summed E-state index contributed by atoms with van der Waals surface area (Å²) < 4.78 is 32.2. The summed E-state index contributed by atoms with van der Waals surface area (Å²) in [5.74, 6) is 0.638. The van der Waals surface area contributed by atoms with Gasteiger partial charge in [0.15, 0.2) is 0 Å². The standard InChI is InChI=1S/C22H22ClN3O3S/c1-4-30(27,28)26-21(13-20(25-26)15-7-5-14(2)6-8-15)18-11-16-9-10-17(29-3)12-19(16)24-22(18)23/h5-13,21,25H,4H2,1-3H3/t21-/m0/s1. The number of sulfonamides is 1. The molecular weight excluding hydrogens is 422 g/mol. The van der Waals surface area contributed by atoms with Crippen LogP contribution < -0.4 is 10.2 Å². The SMILES string of the molecule is CCS(=O)(=O)N1NC(c2ccc(C)cc2)=C[C@H]1c1cc2ccc(OC)cc2nc1Cl. The normalized spacial score (nSPS) is 17.1.